The van der Waals surface area contributed by atoms with Crippen molar-refractivity contribution in [3.63, 3.8) is 0 Å². The van der Waals surface area contributed by atoms with Crippen LogP contribution in [0.15, 0.2) is 97.1 Å². The number of esters is 2. The molecule has 298 valence electrons. The average Bonchev–Trinajstić information content (AvgIpc) is 3.13. The van der Waals surface area contributed by atoms with Crippen molar-refractivity contribution >= 4 is 32.2 Å². The number of hydrogen-bond acceptors (Lipinski definition) is 9. The van der Waals surface area contributed by atoms with Gasteiger partial charge in [-0.05, 0) is 84.5 Å². The summed E-state index contributed by atoms with van der Waals surface area (Å²) in [6, 6.07) is 25.2. The Balaban J connectivity index is 1.56. The molecule has 0 heterocycles. The van der Waals surface area contributed by atoms with Gasteiger partial charge in [-0.25, -0.2) is 23.6 Å². The van der Waals surface area contributed by atoms with Gasteiger partial charge in [0.2, 0.25) is 0 Å². The summed E-state index contributed by atoms with van der Waals surface area (Å²) in [5.41, 5.74) is 2.10. The smallest absolute Gasteiger partial charge is 0.408 e. The van der Waals surface area contributed by atoms with Crippen molar-refractivity contribution in [1.82, 2.24) is 10.6 Å². The first kappa shape index (κ1) is 43.0. The van der Waals surface area contributed by atoms with Gasteiger partial charge in [-0.2, -0.15) is 0 Å². The third kappa shape index (κ3) is 14.5. The maximum absolute atomic E-state index is 15.4. The minimum absolute atomic E-state index is 0.0173. The van der Waals surface area contributed by atoms with Crippen LogP contribution in [0.2, 0.25) is 25.7 Å². The molecule has 0 aromatic heterocycles. The lowest BCUT2D eigenvalue weighted by atomic mass is 9.95. The molecule has 0 aliphatic carbocycles. The molecule has 11 nitrogen and oxygen atoms in total. The van der Waals surface area contributed by atoms with E-state index < -0.39 is 55.7 Å². The molecule has 56 heavy (non-hydrogen) atoms. The van der Waals surface area contributed by atoms with E-state index in [1.54, 1.807) is 69.3 Å². The monoisotopic (exact) mass is 786 g/mol. The first-order valence-corrected chi connectivity index (χ1v) is 22.1. The molecule has 0 fully saturated rings. The van der Waals surface area contributed by atoms with Crippen LogP contribution in [0.4, 0.5) is 14.0 Å². The molecule has 4 aromatic carbocycles. The van der Waals surface area contributed by atoms with Crippen molar-refractivity contribution in [2.24, 2.45) is 0 Å². The van der Waals surface area contributed by atoms with E-state index in [9.17, 15) is 24.3 Å². The number of rotatable bonds is 16. The molecule has 2 amide bonds. The van der Waals surface area contributed by atoms with E-state index in [1.165, 1.54) is 24.3 Å². The number of ether oxygens (including phenoxy) is 4. The molecule has 4 rings (SSSR count). The Kier molecular flexibility index (Phi) is 15.2. The van der Waals surface area contributed by atoms with Crippen LogP contribution in [-0.4, -0.2) is 61.6 Å². The zero-order valence-electron chi connectivity index (χ0n) is 32.7. The lowest BCUT2D eigenvalue weighted by molar-refractivity contribution is -0.147. The normalized spacial score (nSPS) is 12.5. The van der Waals surface area contributed by atoms with E-state index in [4.69, 9.17) is 18.9 Å². The van der Waals surface area contributed by atoms with Crippen molar-refractivity contribution in [3.8, 4) is 16.9 Å². The SMILES string of the molecule is CC(C)(C)OC(=O)N[C@@H](Cc1cc(-c2ccc(O)c(C[C@H](NC(=O)OCc3ccccc3)C(=O)OCC[Si](C)(C)C)c2)ccc1F)C(=O)OCc1ccccc1. The van der Waals surface area contributed by atoms with Gasteiger partial charge < -0.3 is 34.7 Å². The van der Waals surface area contributed by atoms with Gasteiger partial charge in [0.25, 0.3) is 0 Å². The molecular formula is C43H51FN2O9Si. The Labute approximate surface area is 328 Å². The molecule has 4 aromatic rings. The van der Waals surface area contributed by atoms with E-state index in [-0.39, 0.29) is 44.0 Å². The van der Waals surface area contributed by atoms with Crippen LogP contribution in [0.1, 0.15) is 43.0 Å². The van der Waals surface area contributed by atoms with Gasteiger partial charge in [-0.15, -0.1) is 0 Å². The molecule has 0 radical (unpaired) electrons. The van der Waals surface area contributed by atoms with Gasteiger partial charge in [0.1, 0.15) is 42.5 Å². The number of carbonyl (C=O) groups excluding carboxylic acids is 4. The number of phenolic OH excluding ortho intramolecular Hbond substituents is 1. The Morgan fingerprint density at radius 2 is 1.18 bits per heavy atom. The minimum atomic E-state index is -1.54. The van der Waals surface area contributed by atoms with Gasteiger partial charge in [-0.3, -0.25) is 0 Å². The lowest BCUT2D eigenvalue weighted by Gasteiger charge is -2.23. The largest absolute Gasteiger partial charge is 0.508 e. The molecule has 3 N–H and O–H groups in total. The van der Waals surface area contributed by atoms with Crippen LogP contribution in [-0.2, 0) is 54.6 Å². The number of halogens is 1. The number of benzene rings is 4. The number of hydrogen-bond donors (Lipinski definition) is 3. The Morgan fingerprint density at radius 1 is 0.679 bits per heavy atom. The van der Waals surface area contributed by atoms with Crippen molar-refractivity contribution in [2.45, 2.75) is 90.2 Å². The Morgan fingerprint density at radius 3 is 1.75 bits per heavy atom. The molecule has 0 saturated heterocycles. The van der Waals surface area contributed by atoms with Crippen LogP contribution in [0.3, 0.4) is 0 Å². The van der Waals surface area contributed by atoms with Gasteiger partial charge in [0.05, 0.1) is 6.61 Å². The summed E-state index contributed by atoms with van der Waals surface area (Å²) in [4.78, 5) is 52.3. The third-order valence-electron chi connectivity index (χ3n) is 8.39. The van der Waals surface area contributed by atoms with E-state index in [1.807, 2.05) is 24.3 Å². The third-order valence-corrected chi connectivity index (χ3v) is 10.1. The predicted octanol–water partition coefficient (Wildman–Crippen LogP) is 8.10. The fourth-order valence-electron chi connectivity index (χ4n) is 5.41. The molecular weight excluding hydrogens is 736 g/mol. The highest BCUT2D eigenvalue weighted by molar-refractivity contribution is 6.76. The Hall–Kier alpha value is -5.69. The predicted molar refractivity (Wildman–Crippen MR) is 213 cm³/mol. The van der Waals surface area contributed by atoms with Gasteiger partial charge in [-0.1, -0.05) is 92.4 Å². The zero-order valence-corrected chi connectivity index (χ0v) is 33.7. The minimum Gasteiger partial charge on any atom is -0.508 e. The van der Waals surface area contributed by atoms with E-state index in [0.29, 0.717) is 16.7 Å². The molecule has 13 heteroatoms. The average molecular weight is 787 g/mol. The maximum Gasteiger partial charge on any atom is 0.408 e. The van der Waals surface area contributed by atoms with Crippen LogP contribution < -0.4 is 10.6 Å². The summed E-state index contributed by atoms with van der Waals surface area (Å²) in [7, 11) is -1.54. The van der Waals surface area contributed by atoms with Crippen LogP contribution in [0.5, 0.6) is 5.75 Å². The fourth-order valence-corrected chi connectivity index (χ4v) is 6.12. The summed E-state index contributed by atoms with van der Waals surface area (Å²) < 4.78 is 37.2. The highest BCUT2D eigenvalue weighted by Gasteiger charge is 2.29. The highest BCUT2D eigenvalue weighted by Crippen LogP contribution is 2.29. The van der Waals surface area contributed by atoms with Crippen molar-refractivity contribution in [3.05, 3.63) is 125 Å². The van der Waals surface area contributed by atoms with Crippen molar-refractivity contribution in [1.29, 1.82) is 0 Å². The molecule has 0 unspecified atom stereocenters. The topological polar surface area (TPSA) is 149 Å². The Bertz CT molecular complexity index is 1950. The van der Waals surface area contributed by atoms with E-state index >= 15 is 4.39 Å². The fraction of sp³-hybridized carbons (Fsp3) is 0.349. The maximum atomic E-state index is 15.4. The number of aromatic hydroxyl groups is 1. The molecule has 2 atom stereocenters. The number of nitrogens with one attached hydrogen (secondary N) is 2. The lowest BCUT2D eigenvalue weighted by Crippen LogP contribution is -2.45. The number of alkyl carbamates (subject to hydrolysis) is 2. The summed E-state index contributed by atoms with van der Waals surface area (Å²) in [5, 5.41) is 16.0. The summed E-state index contributed by atoms with van der Waals surface area (Å²) in [6.45, 7) is 11.6. The summed E-state index contributed by atoms with van der Waals surface area (Å²) in [5.74, 6) is -2.23. The standard InChI is InChI=1S/C43H51FN2O9Si/c1-43(2,3)55-42(51)46-36(40(49)53-27-29-13-9-7-10-14-29)25-33-23-31(17-19-35(33)44)32-18-20-38(47)34(24-32)26-37(39(48)52-21-22-56(4,5)6)45-41(50)54-28-30-15-11-8-12-16-30/h7-20,23-24,36-37,47H,21-22,25-28H2,1-6H3,(H,45,50)(H,46,51)/t36-,37-/m0/s1. The second-order valence-corrected chi connectivity index (χ2v) is 21.2. The van der Waals surface area contributed by atoms with Crippen LogP contribution in [0.25, 0.3) is 11.1 Å². The number of phenols is 1. The second kappa shape index (κ2) is 19.8. The molecule has 0 aliphatic heterocycles. The van der Waals surface area contributed by atoms with E-state index in [2.05, 4.69) is 30.3 Å². The second-order valence-electron chi connectivity index (χ2n) is 15.6. The first-order chi connectivity index (χ1) is 26.5. The zero-order chi connectivity index (χ0) is 40.9. The number of amides is 2. The number of carbonyl (C=O) groups is 4. The van der Waals surface area contributed by atoms with E-state index in [0.717, 1.165) is 17.2 Å². The van der Waals surface area contributed by atoms with Crippen LogP contribution >= 0.6 is 0 Å². The van der Waals surface area contributed by atoms with Crippen molar-refractivity contribution < 1.29 is 47.6 Å². The molecule has 0 saturated carbocycles. The van der Waals surface area contributed by atoms with Gasteiger partial charge in [0, 0.05) is 20.9 Å². The quantitative estimate of drug-likeness (QED) is 0.0582. The first-order valence-electron chi connectivity index (χ1n) is 18.4. The van der Waals surface area contributed by atoms with Crippen LogP contribution in [0, 0.1) is 5.82 Å². The highest BCUT2D eigenvalue weighted by atomic mass is 28.3. The van der Waals surface area contributed by atoms with Gasteiger partial charge >= 0.3 is 24.1 Å². The van der Waals surface area contributed by atoms with Gasteiger partial charge in [0.15, 0.2) is 0 Å². The molecule has 0 bridgehead atoms. The molecule has 0 spiro atoms. The molecule has 0 aliphatic rings. The summed E-state index contributed by atoms with van der Waals surface area (Å²) in [6.07, 6.45) is -2.12. The van der Waals surface area contributed by atoms with Crippen molar-refractivity contribution in [2.75, 3.05) is 6.61 Å². The summed E-state index contributed by atoms with van der Waals surface area (Å²) >= 11 is 0.